The molecule has 0 aromatic carbocycles. The van der Waals surface area contributed by atoms with Gasteiger partial charge >= 0.3 is 0 Å². The lowest BCUT2D eigenvalue weighted by Gasteiger charge is -2.36. The van der Waals surface area contributed by atoms with Crippen LogP contribution in [0.15, 0.2) is 12.4 Å². The number of ether oxygens (including phenoxy) is 1. The third-order valence-corrected chi connectivity index (χ3v) is 6.17. The molecule has 3 aliphatic rings. The predicted molar refractivity (Wildman–Crippen MR) is 98.6 cm³/mol. The van der Waals surface area contributed by atoms with Gasteiger partial charge in [-0.25, -0.2) is 9.97 Å². The Bertz CT molecular complexity index is 888. The summed E-state index contributed by atoms with van der Waals surface area (Å²) in [5.74, 6) is 0.871. The Morgan fingerprint density at radius 2 is 2.04 bits per heavy atom. The molecule has 27 heavy (non-hydrogen) atoms. The first-order valence-electron chi connectivity index (χ1n) is 9.63. The van der Waals surface area contributed by atoms with Gasteiger partial charge in [-0.2, -0.15) is 5.10 Å². The first-order chi connectivity index (χ1) is 13.1. The topological polar surface area (TPSA) is 76.4 Å². The maximum absolute atomic E-state index is 13.2. The minimum absolute atomic E-state index is 0.0737. The summed E-state index contributed by atoms with van der Waals surface area (Å²) in [6.07, 6.45) is 6.42. The molecular formula is C19H24N6O2. The van der Waals surface area contributed by atoms with Crippen molar-refractivity contribution in [2.75, 3.05) is 31.2 Å². The first kappa shape index (κ1) is 16.7. The summed E-state index contributed by atoms with van der Waals surface area (Å²) in [6.45, 7) is 5.04. The zero-order valence-electron chi connectivity index (χ0n) is 15.8. The van der Waals surface area contributed by atoms with Gasteiger partial charge in [-0.15, -0.1) is 0 Å². The Kier molecular flexibility index (Phi) is 3.89. The number of carbonyl (C=O) groups is 1. The average Bonchev–Trinajstić information content (AvgIpc) is 3.20. The van der Waals surface area contributed by atoms with E-state index in [-0.39, 0.29) is 18.0 Å². The van der Waals surface area contributed by atoms with Crippen molar-refractivity contribution in [2.24, 2.45) is 7.05 Å². The summed E-state index contributed by atoms with van der Waals surface area (Å²) in [6, 6.07) is 0.284. The summed E-state index contributed by atoms with van der Waals surface area (Å²) >= 11 is 0. The monoisotopic (exact) mass is 368 g/mol. The highest BCUT2D eigenvalue weighted by Gasteiger charge is 2.44. The number of hydrogen-bond donors (Lipinski definition) is 0. The zero-order chi connectivity index (χ0) is 18.5. The van der Waals surface area contributed by atoms with Crippen LogP contribution in [0, 0.1) is 6.92 Å². The van der Waals surface area contributed by atoms with Gasteiger partial charge in [0.15, 0.2) is 0 Å². The standard InChI is InChI=1S/C19H24N6O2/c1-12-14(11-21-23(12)2)18(26)25-13-3-4-17(25)15-10-20-19(22-16(15)9-13)24-5-7-27-8-6-24/h10-11,13,17H,3-9H2,1-2H3/t13-,17+/m1/s1. The van der Waals surface area contributed by atoms with Crippen molar-refractivity contribution in [3.05, 3.63) is 34.9 Å². The molecule has 1 amide bonds. The highest BCUT2D eigenvalue weighted by atomic mass is 16.5. The molecule has 142 valence electrons. The molecule has 0 aliphatic carbocycles. The van der Waals surface area contributed by atoms with E-state index in [0.717, 1.165) is 68.5 Å². The number of fused-ring (bicyclic) bond motifs is 4. The highest BCUT2D eigenvalue weighted by Crippen LogP contribution is 2.44. The van der Waals surface area contributed by atoms with E-state index in [2.05, 4.69) is 15.0 Å². The molecule has 8 nitrogen and oxygen atoms in total. The molecular weight excluding hydrogens is 344 g/mol. The Hall–Kier alpha value is -2.48. The smallest absolute Gasteiger partial charge is 0.258 e. The molecule has 3 aliphatic heterocycles. The van der Waals surface area contributed by atoms with Gasteiger partial charge in [-0.05, 0) is 19.8 Å². The maximum atomic E-state index is 13.2. The number of carbonyl (C=O) groups excluding carboxylic acids is 1. The Morgan fingerprint density at radius 1 is 1.22 bits per heavy atom. The minimum Gasteiger partial charge on any atom is -0.378 e. The number of hydrogen-bond acceptors (Lipinski definition) is 6. The Labute approximate surface area is 158 Å². The first-order valence-corrected chi connectivity index (χ1v) is 9.63. The number of rotatable bonds is 2. The van der Waals surface area contributed by atoms with Crippen LogP contribution in [0.3, 0.4) is 0 Å². The molecule has 0 saturated carbocycles. The quantitative estimate of drug-likeness (QED) is 0.794. The van der Waals surface area contributed by atoms with E-state index in [9.17, 15) is 4.79 Å². The summed E-state index contributed by atoms with van der Waals surface area (Å²) in [5, 5.41) is 4.24. The van der Waals surface area contributed by atoms with Crippen molar-refractivity contribution in [1.82, 2.24) is 24.6 Å². The van der Waals surface area contributed by atoms with Crippen LogP contribution in [0.4, 0.5) is 5.95 Å². The molecule has 0 spiro atoms. The molecule has 2 bridgehead atoms. The van der Waals surface area contributed by atoms with Gasteiger partial charge in [0.25, 0.3) is 5.91 Å². The number of anilines is 1. The summed E-state index contributed by atoms with van der Waals surface area (Å²) in [5.41, 5.74) is 3.81. The molecule has 0 radical (unpaired) electrons. The van der Waals surface area contributed by atoms with Gasteiger partial charge in [0.2, 0.25) is 5.95 Å². The van der Waals surface area contributed by atoms with Crippen LogP contribution in [-0.4, -0.2) is 62.9 Å². The predicted octanol–water partition coefficient (Wildman–Crippen LogP) is 1.26. The van der Waals surface area contributed by atoms with Crippen molar-refractivity contribution < 1.29 is 9.53 Å². The van der Waals surface area contributed by atoms with Crippen LogP contribution in [0.2, 0.25) is 0 Å². The van der Waals surface area contributed by atoms with E-state index < -0.39 is 0 Å². The third-order valence-electron chi connectivity index (χ3n) is 6.17. The summed E-state index contributed by atoms with van der Waals surface area (Å²) < 4.78 is 7.18. The van der Waals surface area contributed by atoms with Crippen molar-refractivity contribution in [1.29, 1.82) is 0 Å². The van der Waals surface area contributed by atoms with Crippen LogP contribution in [0.5, 0.6) is 0 Å². The number of nitrogens with zero attached hydrogens (tertiary/aromatic N) is 6. The highest BCUT2D eigenvalue weighted by molar-refractivity contribution is 5.96. The number of aryl methyl sites for hydroxylation is 1. The second-order valence-electron chi connectivity index (χ2n) is 7.60. The normalized spacial score (nSPS) is 24.2. The second kappa shape index (κ2) is 6.30. The molecule has 2 fully saturated rings. The maximum Gasteiger partial charge on any atom is 0.258 e. The van der Waals surface area contributed by atoms with E-state index in [1.807, 2.05) is 25.1 Å². The van der Waals surface area contributed by atoms with E-state index in [1.54, 1.807) is 10.9 Å². The van der Waals surface area contributed by atoms with Crippen molar-refractivity contribution in [2.45, 2.75) is 38.3 Å². The van der Waals surface area contributed by atoms with E-state index in [4.69, 9.17) is 9.72 Å². The van der Waals surface area contributed by atoms with E-state index in [1.165, 1.54) is 0 Å². The van der Waals surface area contributed by atoms with Crippen molar-refractivity contribution >= 4 is 11.9 Å². The fraction of sp³-hybridized carbons (Fsp3) is 0.579. The molecule has 2 saturated heterocycles. The number of amides is 1. The van der Waals surface area contributed by atoms with Crippen molar-refractivity contribution in [3.8, 4) is 0 Å². The molecule has 2 aromatic heterocycles. The number of morpholine rings is 1. The largest absolute Gasteiger partial charge is 0.378 e. The SMILES string of the molecule is Cc1c(C(=O)N2[C@@H]3CC[C@H]2c2cnc(N4CCOCC4)nc2C3)cnn1C. The van der Waals surface area contributed by atoms with Gasteiger partial charge in [0.05, 0.1) is 36.7 Å². The zero-order valence-corrected chi connectivity index (χ0v) is 15.8. The van der Waals surface area contributed by atoms with Gasteiger partial charge in [0.1, 0.15) is 0 Å². The van der Waals surface area contributed by atoms with Gasteiger partial charge in [-0.1, -0.05) is 0 Å². The van der Waals surface area contributed by atoms with Crippen LogP contribution in [-0.2, 0) is 18.2 Å². The molecule has 2 atom stereocenters. The molecule has 5 rings (SSSR count). The van der Waals surface area contributed by atoms with Crippen LogP contribution < -0.4 is 4.90 Å². The van der Waals surface area contributed by atoms with E-state index in [0.29, 0.717) is 5.56 Å². The lowest BCUT2D eigenvalue weighted by molar-refractivity contribution is 0.0643. The Balaban J connectivity index is 1.45. The van der Waals surface area contributed by atoms with Crippen LogP contribution >= 0.6 is 0 Å². The molecule has 8 heteroatoms. The number of aromatic nitrogens is 4. The summed E-state index contributed by atoms with van der Waals surface area (Å²) in [7, 11) is 1.87. The molecule has 0 unspecified atom stereocenters. The van der Waals surface area contributed by atoms with Gasteiger partial charge < -0.3 is 14.5 Å². The minimum atomic E-state index is 0.0737. The molecule has 2 aromatic rings. The van der Waals surface area contributed by atoms with Crippen LogP contribution in [0.1, 0.15) is 46.2 Å². The Morgan fingerprint density at radius 3 is 2.78 bits per heavy atom. The average molecular weight is 368 g/mol. The van der Waals surface area contributed by atoms with Crippen LogP contribution in [0.25, 0.3) is 0 Å². The molecule has 0 N–H and O–H groups in total. The fourth-order valence-electron chi connectivity index (χ4n) is 4.54. The van der Waals surface area contributed by atoms with Gasteiger partial charge in [0, 0.05) is 50.1 Å². The lowest BCUT2D eigenvalue weighted by atomic mass is 9.98. The second-order valence-corrected chi connectivity index (χ2v) is 7.60. The van der Waals surface area contributed by atoms with Crippen molar-refractivity contribution in [3.63, 3.8) is 0 Å². The van der Waals surface area contributed by atoms with E-state index >= 15 is 0 Å². The summed E-state index contributed by atoms with van der Waals surface area (Å²) in [4.78, 5) is 27.0. The lowest BCUT2D eigenvalue weighted by Crippen LogP contribution is -2.43. The van der Waals surface area contributed by atoms with Gasteiger partial charge in [-0.3, -0.25) is 9.48 Å². The third kappa shape index (κ3) is 2.62. The molecule has 5 heterocycles. The fourth-order valence-corrected chi connectivity index (χ4v) is 4.54.